The van der Waals surface area contributed by atoms with Gasteiger partial charge in [0.2, 0.25) is 0 Å². The Kier molecular flexibility index (Phi) is 8.62. The highest BCUT2D eigenvalue weighted by molar-refractivity contribution is 6.03. The van der Waals surface area contributed by atoms with E-state index in [1.54, 1.807) is 20.8 Å². The average molecular weight is 411 g/mol. The van der Waals surface area contributed by atoms with E-state index in [1.165, 1.54) is 0 Å². The summed E-state index contributed by atoms with van der Waals surface area (Å²) in [6.45, 7) is 9.19. The number of amides is 1. The molecule has 0 saturated carbocycles. The molecule has 0 aliphatic carbocycles. The van der Waals surface area contributed by atoms with Crippen LogP contribution in [0.15, 0.2) is 72.8 Å². The monoisotopic (exact) mass is 410 g/mol. The number of hydrogen-bond donors (Lipinski definition) is 2. The van der Waals surface area contributed by atoms with Gasteiger partial charge in [-0.2, -0.15) is 0 Å². The van der Waals surface area contributed by atoms with Gasteiger partial charge in [0.1, 0.15) is 5.60 Å². The van der Waals surface area contributed by atoms with Crippen molar-refractivity contribution in [3.63, 3.8) is 0 Å². The standard InChI is InChI=1S/C24H30N2O4/c1-18(22(27)25-20-13-9-6-10-14-20)17-21(16-15-19-11-7-5-8-12-19)26-30-23(28)29-24(2,3)4/h5-14,21,26H,1,15-17H2,2-4H3,(H,25,27)/t21-/m0/s1. The molecule has 30 heavy (non-hydrogen) atoms. The van der Waals surface area contributed by atoms with Crippen LogP contribution in [0.2, 0.25) is 0 Å². The van der Waals surface area contributed by atoms with Crippen LogP contribution < -0.4 is 10.8 Å². The van der Waals surface area contributed by atoms with E-state index < -0.39 is 11.8 Å². The van der Waals surface area contributed by atoms with E-state index in [2.05, 4.69) is 17.4 Å². The second-order valence-electron chi connectivity index (χ2n) is 8.03. The summed E-state index contributed by atoms with van der Waals surface area (Å²) >= 11 is 0. The number of nitrogens with one attached hydrogen (secondary N) is 2. The number of ether oxygens (including phenoxy) is 1. The highest BCUT2D eigenvalue weighted by Crippen LogP contribution is 2.15. The molecule has 2 aromatic rings. The highest BCUT2D eigenvalue weighted by atomic mass is 16.8. The molecule has 0 spiro atoms. The Morgan fingerprint density at radius 3 is 2.20 bits per heavy atom. The topological polar surface area (TPSA) is 76.7 Å². The molecular weight excluding hydrogens is 380 g/mol. The molecule has 2 rings (SSSR count). The van der Waals surface area contributed by atoms with Crippen LogP contribution in [0.25, 0.3) is 0 Å². The maximum absolute atomic E-state index is 12.5. The summed E-state index contributed by atoms with van der Waals surface area (Å²) in [4.78, 5) is 29.5. The number of hydrogen-bond acceptors (Lipinski definition) is 5. The summed E-state index contributed by atoms with van der Waals surface area (Å²) in [6.07, 6.45) is 0.897. The van der Waals surface area contributed by atoms with Gasteiger partial charge in [-0.1, -0.05) is 55.1 Å². The Hall–Kier alpha value is -3.12. The number of para-hydroxylation sites is 1. The van der Waals surface area contributed by atoms with E-state index in [0.29, 0.717) is 24.1 Å². The molecule has 0 fully saturated rings. The Balaban J connectivity index is 1.95. The third-order valence-electron chi connectivity index (χ3n) is 4.17. The largest absolute Gasteiger partial charge is 0.528 e. The fourth-order valence-electron chi connectivity index (χ4n) is 2.72. The summed E-state index contributed by atoms with van der Waals surface area (Å²) in [5.41, 5.74) is 4.33. The van der Waals surface area contributed by atoms with E-state index in [-0.39, 0.29) is 11.9 Å². The molecule has 0 heterocycles. The minimum absolute atomic E-state index is 0.273. The van der Waals surface area contributed by atoms with Crippen molar-refractivity contribution < 1.29 is 19.2 Å². The number of carbonyl (C=O) groups is 2. The van der Waals surface area contributed by atoms with Gasteiger partial charge in [0.15, 0.2) is 0 Å². The molecule has 0 aromatic heterocycles. The minimum atomic E-state index is -0.813. The molecule has 2 N–H and O–H groups in total. The first-order valence-electron chi connectivity index (χ1n) is 9.96. The molecule has 6 nitrogen and oxygen atoms in total. The zero-order valence-electron chi connectivity index (χ0n) is 17.8. The van der Waals surface area contributed by atoms with Crippen molar-refractivity contribution in [2.24, 2.45) is 0 Å². The molecule has 160 valence electrons. The van der Waals surface area contributed by atoms with Gasteiger partial charge >= 0.3 is 6.16 Å². The van der Waals surface area contributed by atoms with Crippen LogP contribution >= 0.6 is 0 Å². The van der Waals surface area contributed by atoms with Crippen LogP contribution in [0.3, 0.4) is 0 Å². The lowest BCUT2D eigenvalue weighted by Gasteiger charge is -2.22. The van der Waals surface area contributed by atoms with Gasteiger partial charge in [-0.25, -0.2) is 4.79 Å². The van der Waals surface area contributed by atoms with Crippen molar-refractivity contribution in [3.05, 3.63) is 78.4 Å². The summed E-state index contributed by atoms with van der Waals surface area (Å²) < 4.78 is 5.16. The number of rotatable bonds is 9. The number of aryl methyl sites for hydroxylation is 1. The maximum Gasteiger partial charge on any atom is 0.528 e. The molecule has 0 saturated heterocycles. The first-order chi connectivity index (χ1) is 14.2. The first-order valence-corrected chi connectivity index (χ1v) is 9.96. The number of benzene rings is 2. The van der Waals surface area contributed by atoms with E-state index >= 15 is 0 Å². The van der Waals surface area contributed by atoms with E-state index in [9.17, 15) is 9.59 Å². The van der Waals surface area contributed by atoms with Gasteiger partial charge in [0.05, 0.1) is 0 Å². The van der Waals surface area contributed by atoms with Crippen LogP contribution in [0.1, 0.15) is 39.2 Å². The van der Waals surface area contributed by atoms with Gasteiger partial charge in [-0.3, -0.25) is 4.79 Å². The van der Waals surface area contributed by atoms with E-state index in [1.807, 2.05) is 60.7 Å². The van der Waals surface area contributed by atoms with Crippen LogP contribution in [-0.2, 0) is 20.8 Å². The Labute approximate surface area is 178 Å². The molecule has 0 aliphatic rings. The number of carbonyl (C=O) groups excluding carboxylic acids is 2. The third-order valence-corrected chi connectivity index (χ3v) is 4.17. The number of anilines is 1. The molecule has 0 aliphatic heterocycles. The fraction of sp³-hybridized carbons (Fsp3) is 0.333. The molecule has 0 unspecified atom stereocenters. The van der Waals surface area contributed by atoms with E-state index in [4.69, 9.17) is 9.57 Å². The zero-order chi connectivity index (χ0) is 22.0. The zero-order valence-corrected chi connectivity index (χ0v) is 17.8. The van der Waals surface area contributed by atoms with Crippen LogP contribution in [-0.4, -0.2) is 23.7 Å². The lowest BCUT2D eigenvalue weighted by molar-refractivity contribution is -0.113. The SMILES string of the molecule is C=C(C[C@H](CCc1ccccc1)NOC(=O)OC(C)(C)C)C(=O)Nc1ccccc1. The Bertz CT molecular complexity index is 829. The smallest absolute Gasteiger partial charge is 0.427 e. The summed E-state index contributed by atoms with van der Waals surface area (Å²) in [6, 6.07) is 18.8. The summed E-state index contributed by atoms with van der Waals surface area (Å²) in [7, 11) is 0. The van der Waals surface area contributed by atoms with Crippen molar-refractivity contribution in [3.8, 4) is 0 Å². The fourth-order valence-corrected chi connectivity index (χ4v) is 2.72. The lowest BCUT2D eigenvalue weighted by Crippen LogP contribution is -2.36. The molecule has 6 heteroatoms. The minimum Gasteiger partial charge on any atom is -0.427 e. The van der Waals surface area contributed by atoms with Crippen molar-refractivity contribution in [1.82, 2.24) is 5.48 Å². The second kappa shape index (κ2) is 11.2. The van der Waals surface area contributed by atoms with Crippen molar-refractivity contribution in [2.75, 3.05) is 5.32 Å². The lowest BCUT2D eigenvalue weighted by atomic mass is 10.00. The Morgan fingerprint density at radius 1 is 1.00 bits per heavy atom. The molecule has 1 amide bonds. The van der Waals surface area contributed by atoms with Crippen molar-refractivity contribution in [2.45, 2.75) is 51.7 Å². The molecule has 1 atom stereocenters. The van der Waals surface area contributed by atoms with E-state index in [0.717, 1.165) is 12.0 Å². The summed E-state index contributed by atoms with van der Waals surface area (Å²) in [5.74, 6) is -0.273. The quantitative estimate of drug-likeness (QED) is 0.344. The van der Waals surface area contributed by atoms with Gasteiger partial charge in [-0.05, 0) is 57.7 Å². The Morgan fingerprint density at radius 2 is 1.60 bits per heavy atom. The predicted octanol–water partition coefficient (Wildman–Crippen LogP) is 5.03. The first kappa shape index (κ1) is 23.2. The highest BCUT2D eigenvalue weighted by Gasteiger charge is 2.21. The third kappa shape index (κ3) is 8.92. The molecular formula is C24H30N2O4. The van der Waals surface area contributed by atoms with Gasteiger partial charge in [0.25, 0.3) is 5.91 Å². The molecule has 0 bridgehead atoms. The molecule has 2 aromatic carbocycles. The number of hydroxylamine groups is 1. The van der Waals surface area contributed by atoms with Crippen molar-refractivity contribution in [1.29, 1.82) is 0 Å². The average Bonchev–Trinajstić information content (AvgIpc) is 2.70. The van der Waals surface area contributed by atoms with Crippen LogP contribution in [0.4, 0.5) is 10.5 Å². The van der Waals surface area contributed by atoms with Gasteiger partial charge in [-0.15, -0.1) is 5.48 Å². The normalized spacial score (nSPS) is 12.0. The molecule has 0 radical (unpaired) electrons. The summed E-state index contributed by atoms with van der Waals surface area (Å²) in [5, 5.41) is 2.82. The second-order valence-corrected chi connectivity index (χ2v) is 8.03. The van der Waals surface area contributed by atoms with Gasteiger partial charge < -0.3 is 14.9 Å². The maximum atomic E-state index is 12.5. The van der Waals surface area contributed by atoms with Crippen molar-refractivity contribution >= 4 is 17.7 Å². The van der Waals surface area contributed by atoms with Crippen LogP contribution in [0, 0.1) is 0 Å². The van der Waals surface area contributed by atoms with Crippen LogP contribution in [0.5, 0.6) is 0 Å². The van der Waals surface area contributed by atoms with Gasteiger partial charge in [0, 0.05) is 17.3 Å². The predicted molar refractivity (Wildman–Crippen MR) is 118 cm³/mol.